The molecule has 0 aromatic heterocycles. The maximum absolute atomic E-state index is 13.5. The zero-order valence-corrected chi connectivity index (χ0v) is 21.0. The molecule has 0 radical (unpaired) electrons. The summed E-state index contributed by atoms with van der Waals surface area (Å²) in [4.78, 5) is 52.9. The second-order valence-corrected chi connectivity index (χ2v) is 9.85. The number of carbonyl (C=O) groups excluding carboxylic acids is 3. The Hall–Kier alpha value is -4.15. The number of benzene rings is 2. The Morgan fingerprint density at radius 3 is 2.71 bits per heavy atom. The van der Waals surface area contributed by atoms with Gasteiger partial charge in [0, 0.05) is 44.2 Å². The van der Waals surface area contributed by atoms with Crippen LogP contribution in [0.5, 0.6) is 11.5 Å². The van der Waals surface area contributed by atoms with Crippen LogP contribution in [0.3, 0.4) is 0 Å². The summed E-state index contributed by atoms with van der Waals surface area (Å²) in [6, 6.07) is 11.1. The van der Waals surface area contributed by atoms with E-state index in [1.54, 1.807) is 23.1 Å². The van der Waals surface area contributed by atoms with E-state index in [-0.39, 0.29) is 55.8 Å². The topological polar surface area (TPSA) is 131 Å². The SMILES string of the molecule is O=C(CCCN1C(=O)C2CCCCC2N(Cc2cccc([N+](=O)[O-])c2)C1=O)NCc1ccc2c(c1)OCO2. The lowest BCUT2D eigenvalue weighted by atomic mass is 9.81. The van der Waals surface area contributed by atoms with E-state index >= 15 is 0 Å². The second kappa shape index (κ2) is 11.1. The monoisotopic (exact) mass is 522 g/mol. The number of non-ortho nitro benzene ring substituents is 1. The van der Waals surface area contributed by atoms with Crippen LogP contribution < -0.4 is 14.8 Å². The molecular formula is C27H30N4O7. The third-order valence-electron chi connectivity index (χ3n) is 7.38. The van der Waals surface area contributed by atoms with E-state index in [1.807, 2.05) is 12.1 Å². The quantitative estimate of drug-likeness (QED) is 0.392. The Kier molecular flexibility index (Phi) is 7.43. The van der Waals surface area contributed by atoms with Gasteiger partial charge in [-0.15, -0.1) is 0 Å². The number of nitrogens with one attached hydrogen (secondary N) is 1. The predicted octanol–water partition coefficient (Wildman–Crippen LogP) is 3.74. The molecule has 200 valence electrons. The first kappa shape index (κ1) is 25.5. The van der Waals surface area contributed by atoms with Gasteiger partial charge in [0.15, 0.2) is 11.5 Å². The van der Waals surface area contributed by atoms with Gasteiger partial charge in [-0.1, -0.05) is 31.0 Å². The van der Waals surface area contributed by atoms with Crippen LogP contribution in [-0.4, -0.2) is 51.9 Å². The summed E-state index contributed by atoms with van der Waals surface area (Å²) in [5.74, 6) is 0.671. The Bertz CT molecular complexity index is 1250. The van der Waals surface area contributed by atoms with Crippen LogP contribution >= 0.6 is 0 Å². The first-order valence-corrected chi connectivity index (χ1v) is 12.9. The van der Waals surface area contributed by atoms with E-state index in [2.05, 4.69) is 5.32 Å². The number of amides is 4. The fourth-order valence-electron chi connectivity index (χ4n) is 5.46. The number of hydrogen-bond acceptors (Lipinski definition) is 7. The van der Waals surface area contributed by atoms with Crippen molar-refractivity contribution in [3.8, 4) is 11.5 Å². The lowest BCUT2D eigenvalue weighted by Crippen LogP contribution is -2.62. The molecule has 11 nitrogen and oxygen atoms in total. The van der Waals surface area contributed by atoms with Crippen LogP contribution in [0, 0.1) is 16.0 Å². The molecule has 2 heterocycles. The lowest BCUT2D eigenvalue weighted by molar-refractivity contribution is -0.384. The number of nitro groups is 1. The van der Waals surface area contributed by atoms with E-state index in [0.29, 0.717) is 36.4 Å². The van der Waals surface area contributed by atoms with Gasteiger partial charge in [-0.2, -0.15) is 0 Å². The van der Waals surface area contributed by atoms with Crippen molar-refractivity contribution in [2.45, 2.75) is 57.7 Å². The molecule has 2 aromatic rings. The van der Waals surface area contributed by atoms with Crippen molar-refractivity contribution in [2.75, 3.05) is 13.3 Å². The fourth-order valence-corrected chi connectivity index (χ4v) is 5.46. The average molecular weight is 523 g/mol. The number of fused-ring (bicyclic) bond motifs is 2. The molecule has 1 aliphatic carbocycles. The zero-order valence-electron chi connectivity index (χ0n) is 21.0. The van der Waals surface area contributed by atoms with Crippen molar-refractivity contribution in [3.63, 3.8) is 0 Å². The maximum Gasteiger partial charge on any atom is 0.327 e. The summed E-state index contributed by atoms with van der Waals surface area (Å²) >= 11 is 0. The van der Waals surface area contributed by atoms with Crippen LogP contribution in [0.25, 0.3) is 0 Å². The van der Waals surface area contributed by atoms with Crippen molar-refractivity contribution in [1.29, 1.82) is 0 Å². The van der Waals surface area contributed by atoms with Gasteiger partial charge in [-0.3, -0.25) is 24.6 Å². The number of rotatable bonds is 9. The summed E-state index contributed by atoms with van der Waals surface area (Å²) in [6.45, 7) is 0.854. The van der Waals surface area contributed by atoms with Gasteiger partial charge in [0.05, 0.1) is 10.8 Å². The first-order valence-electron chi connectivity index (χ1n) is 12.9. The number of nitrogens with zero attached hydrogens (tertiary/aromatic N) is 3. The molecule has 2 unspecified atom stereocenters. The minimum atomic E-state index is -0.460. The highest BCUT2D eigenvalue weighted by Crippen LogP contribution is 2.36. The standard InChI is InChI=1S/C27H30N4O7/c32-25(28-15-18-10-11-23-24(14-18)38-17-37-23)9-4-12-29-26(33)21-7-1-2-8-22(21)30(27(29)34)16-19-5-3-6-20(13-19)31(35)36/h3,5-6,10-11,13-14,21-22H,1-2,4,7-9,12,15-17H2,(H,28,32). The Morgan fingerprint density at radius 2 is 1.87 bits per heavy atom. The van der Waals surface area contributed by atoms with E-state index in [4.69, 9.17) is 9.47 Å². The third-order valence-corrected chi connectivity index (χ3v) is 7.38. The van der Waals surface area contributed by atoms with Crippen molar-refractivity contribution in [3.05, 3.63) is 63.7 Å². The molecule has 2 aliphatic heterocycles. The molecule has 4 amide bonds. The fraction of sp³-hybridized carbons (Fsp3) is 0.444. The number of nitro benzene ring substituents is 1. The van der Waals surface area contributed by atoms with E-state index in [1.165, 1.54) is 17.0 Å². The van der Waals surface area contributed by atoms with Gasteiger partial charge >= 0.3 is 6.03 Å². The largest absolute Gasteiger partial charge is 0.454 e. The Balaban J connectivity index is 1.19. The zero-order chi connectivity index (χ0) is 26.6. The van der Waals surface area contributed by atoms with Crippen LogP contribution in [0.2, 0.25) is 0 Å². The van der Waals surface area contributed by atoms with Gasteiger partial charge < -0.3 is 19.7 Å². The van der Waals surface area contributed by atoms with Crippen LogP contribution in [0.4, 0.5) is 10.5 Å². The van der Waals surface area contributed by atoms with Gasteiger partial charge in [0.25, 0.3) is 5.69 Å². The Morgan fingerprint density at radius 1 is 1.05 bits per heavy atom. The molecule has 1 saturated carbocycles. The summed E-state index contributed by atoms with van der Waals surface area (Å²) in [7, 11) is 0. The van der Waals surface area contributed by atoms with Gasteiger partial charge in [-0.25, -0.2) is 4.79 Å². The highest BCUT2D eigenvalue weighted by Gasteiger charge is 2.46. The highest BCUT2D eigenvalue weighted by atomic mass is 16.7. The predicted molar refractivity (Wildman–Crippen MR) is 135 cm³/mol. The number of carbonyl (C=O) groups is 3. The first-order chi connectivity index (χ1) is 18.4. The Labute approximate surface area is 219 Å². The van der Waals surface area contributed by atoms with Gasteiger partial charge in [-0.05, 0) is 42.5 Å². The minimum Gasteiger partial charge on any atom is -0.454 e. The summed E-state index contributed by atoms with van der Waals surface area (Å²) in [5.41, 5.74) is 1.49. The van der Waals surface area contributed by atoms with Crippen molar-refractivity contribution >= 4 is 23.5 Å². The number of ether oxygens (including phenoxy) is 2. The third kappa shape index (κ3) is 5.41. The molecule has 1 N–H and O–H groups in total. The van der Waals surface area contributed by atoms with Crippen molar-refractivity contribution in [1.82, 2.24) is 15.1 Å². The molecule has 11 heteroatoms. The molecule has 2 atom stereocenters. The number of urea groups is 1. The summed E-state index contributed by atoms with van der Waals surface area (Å²) in [5, 5.41) is 14.1. The number of imide groups is 1. The van der Waals surface area contributed by atoms with E-state index in [0.717, 1.165) is 24.8 Å². The van der Waals surface area contributed by atoms with E-state index < -0.39 is 11.0 Å². The van der Waals surface area contributed by atoms with Crippen LogP contribution in [0.1, 0.15) is 49.7 Å². The molecule has 3 aliphatic rings. The smallest absolute Gasteiger partial charge is 0.327 e. The molecule has 0 bridgehead atoms. The second-order valence-electron chi connectivity index (χ2n) is 9.85. The maximum atomic E-state index is 13.5. The van der Waals surface area contributed by atoms with Gasteiger partial charge in [0.1, 0.15) is 0 Å². The minimum absolute atomic E-state index is 0.0353. The summed E-state index contributed by atoms with van der Waals surface area (Å²) in [6.07, 6.45) is 3.79. The summed E-state index contributed by atoms with van der Waals surface area (Å²) < 4.78 is 10.7. The molecular weight excluding hydrogens is 492 g/mol. The van der Waals surface area contributed by atoms with Crippen molar-refractivity contribution < 1.29 is 28.8 Å². The van der Waals surface area contributed by atoms with Crippen molar-refractivity contribution in [2.24, 2.45) is 5.92 Å². The molecule has 1 saturated heterocycles. The normalized spacial score (nSPS) is 20.3. The van der Waals surface area contributed by atoms with Crippen LogP contribution in [-0.2, 0) is 22.7 Å². The van der Waals surface area contributed by atoms with Gasteiger partial charge in [0.2, 0.25) is 18.6 Å². The molecule has 2 fully saturated rings. The highest BCUT2D eigenvalue weighted by molar-refractivity contribution is 5.98. The van der Waals surface area contributed by atoms with E-state index in [9.17, 15) is 24.5 Å². The molecule has 0 spiro atoms. The average Bonchev–Trinajstić information content (AvgIpc) is 3.40. The number of hydrogen-bond donors (Lipinski definition) is 1. The molecule has 38 heavy (non-hydrogen) atoms. The molecule has 2 aromatic carbocycles. The van der Waals surface area contributed by atoms with Crippen LogP contribution in [0.15, 0.2) is 42.5 Å². The molecule has 5 rings (SSSR count). The lowest BCUT2D eigenvalue weighted by Gasteiger charge is -2.47.